The first-order chi connectivity index (χ1) is 14.8. The van der Waals surface area contributed by atoms with E-state index in [1.165, 1.54) is 0 Å². The number of halogens is 1. The van der Waals surface area contributed by atoms with Gasteiger partial charge in [-0.3, -0.25) is 4.90 Å². The summed E-state index contributed by atoms with van der Waals surface area (Å²) in [6.45, 7) is 11.6. The number of para-hydroxylation sites is 1. The number of rotatable bonds is 10. The van der Waals surface area contributed by atoms with Gasteiger partial charge in [0.2, 0.25) is 5.88 Å². The fourth-order valence-corrected chi connectivity index (χ4v) is 3.58. The van der Waals surface area contributed by atoms with E-state index in [2.05, 4.69) is 18.4 Å². The monoisotopic (exact) mass is 439 g/mol. The zero-order valence-corrected chi connectivity index (χ0v) is 19.1. The van der Waals surface area contributed by atoms with Gasteiger partial charge in [0.1, 0.15) is 5.75 Å². The van der Waals surface area contributed by atoms with E-state index >= 15 is 0 Å². The fraction of sp³-hybridized carbons (Fsp3) is 0.320. The number of nitrogens with zero attached hydrogens (tertiary/aromatic N) is 3. The van der Waals surface area contributed by atoms with Crippen LogP contribution >= 0.6 is 11.6 Å². The Morgan fingerprint density at radius 3 is 2.48 bits per heavy atom. The summed E-state index contributed by atoms with van der Waals surface area (Å²) in [5.41, 5.74) is 1.80. The van der Waals surface area contributed by atoms with Crippen molar-refractivity contribution in [3.05, 3.63) is 83.5 Å². The van der Waals surface area contributed by atoms with Crippen molar-refractivity contribution in [3.8, 4) is 17.3 Å². The summed E-state index contributed by atoms with van der Waals surface area (Å²) >= 11 is 6.04. The summed E-state index contributed by atoms with van der Waals surface area (Å²) in [6, 6.07) is 17.2. The third-order valence-corrected chi connectivity index (χ3v) is 5.32. The molecule has 1 N–H and O–H groups in total. The lowest BCUT2D eigenvalue weighted by molar-refractivity contribution is 0.0584. The molecule has 0 aliphatic rings. The van der Waals surface area contributed by atoms with Gasteiger partial charge in [-0.05, 0) is 63.2 Å². The highest BCUT2D eigenvalue weighted by atomic mass is 35.5. The van der Waals surface area contributed by atoms with Crippen LogP contribution in [0, 0.1) is 6.92 Å². The summed E-state index contributed by atoms with van der Waals surface area (Å²) in [5.74, 6) is 1.34. The third-order valence-electron chi connectivity index (χ3n) is 5.07. The predicted molar refractivity (Wildman–Crippen MR) is 126 cm³/mol. The molecule has 2 aromatic carbocycles. The Labute approximate surface area is 189 Å². The lowest BCUT2D eigenvalue weighted by atomic mass is 10.1. The van der Waals surface area contributed by atoms with Crippen LogP contribution in [0.25, 0.3) is 5.69 Å². The molecular formula is C25H30ClN3O2. The van der Waals surface area contributed by atoms with Crippen LogP contribution in [0.1, 0.15) is 31.5 Å². The topological polar surface area (TPSA) is 50.5 Å². The minimum absolute atomic E-state index is 0.473. The van der Waals surface area contributed by atoms with Gasteiger partial charge in [-0.1, -0.05) is 42.8 Å². The van der Waals surface area contributed by atoms with E-state index in [1.54, 1.807) is 25.1 Å². The summed E-state index contributed by atoms with van der Waals surface area (Å²) in [7, 11) is 0. The minimum atomic E-state index is -0.976. The van der Waals surface area contributed by atoms with Crippen LogP contribution in [0.4, 0.5) is 0 Å². The summed E-state index contributed by atoms with van der Waals surface area (Å²) in [4.78, 5) is 2.20. The van der Waals surface area contributed by atoms with E-state index in [1.807, 2.05) is 54.1 Å². The van der Waals surface area contributed by atoms with Crippen LogP contribution in [0.15, 0.2) is 67.3 Å². The van der Waals surface area contributed by atoms with Gasteiger partial charge in [0.25, 0.3) is 0 Å². The molecule has 1 unspecified atom stereocenters. The van der Waals surface area contributed by atoms with Gasteiger partial charge in [-0.25, -0.2) is 4.68 Å². The average Bonchev–Trinajstić information content (AvgIpc) is 3.05. The summed E-state index contributed by atoms with van der Waals surface area (Å²) in [5, 5.41) is 16.0. The van der Waals surface area contributed by atoms with Crippen LogP contribution in [0.3, 0.4) is 0 Å². The van der Waals surface area contributed by atoms with Crippen LogP contribution in [0.2, 0.25) is 5.02 Å². The van der Waals surface area contributed by atoms with Crippen molar-refractivity contribution < 1.29 is 9.84 Å². The molecule has 1 heterocycles. The first-order valence-electron chi connectivity index (χ1n) is 10.5. The molecule has 3 rings (SSSR count). The first kappa shape index (κ1) is 23.1. The maximum Gasteiger partial charge on any atom is 0.227 e. The van der Waals surface area contributed by atoms with Crippen molar-refractivity contribution in [2.75, 3.05) is 13.1 Å². The summed E-state index contributed by atoms with van der Waals surface area (Å²) in [6.07, 6.45) is 2.55. The molecule has 0 bridgehead atoms. The van der Waals surface area contributed by atoms with Gasteiger partial charge in [0, 0.05) is 18.1 Å². The highest BCUT2D eigenvalue weighted by Crippen LogP contribution is 2.32. The Morgan fingerprint density at radius 2 is 1.87 bits per heavy atom. The molecule has 164 valence electrons. The number of benzene rings is 2. The first-order valence-corrected chi connectivity index (χ1v) is 10.9. The van der Waals surface area contributed by atoms with Crippen LogP contribution in [-0.4, -0.2) is 38.5 Å². The number of aryl methyl sites for hydroxylation is 1. The molecule has 0 fully saturated rings. The van der Waals surface area contributed by atoms with Crippen molar-refractivity contribution in [3.63, 3.8) is 0 Å². The molecule has 0 saturated heterocycles. The normalized spacial score (nSPS) is 13.2. The molecule has 0 spiro atoms. The zero-order valence-electron chi connectivity index (χ0n) is 18.4. The van der Waals surface area contributed by atoms with E-state index in [9.17, 15) is 5.11 Å². The maximum atomic E-state index is 10.6. The zero-order chi connectivity index (χ0) is 22.4. The number of ether oxygens (including phenoxy) is 1. The molecule has 1 atom stereocenters. The molecular weight excluding hydrogens is 410 g/mol. The fourth-order valence-electron chi connectivity index (χ4n) is 3.45. The Morgan fingerprint density at radius 1 is 1.19 bits per heavy atom. The molecule has 0 amide bonds. The van der Waals surface area contributed by atoms with Gasteiger partial charge in [-0.2, -0.15) is 5.10 Å². The SMILES string of the molecule is C=CC(C)(O)CN(CCC)Cc1c(C)nn(-c2ccccc2)c1Oc1ccc(Cl)cc1. The van der Waals surface area contributed by atoms with Gasteiger partial charge in [0.05, 0.1) is 22.5 Å². The largest absolute Gasteiger partial charge is 0.439 e. The Balaban J connectivity index is 2.02. The average molecular weight is 440 g/mol. The lowest BCUT2D eigenvalue weighted by Crippen LogP contribution is -2.39. The molecule has 5 nitrogen and oxygen atoms in total. The van der Waals surface area contributed by atoms with E-state index < -0.39 is 5.60 Å². The van der Waals surface area contributed by atoms with Gasteiger partial charge < -0.3 is 9.84 Å². The second-order valence-corrected chi connectivity index (χ2v) is 8.38. The molecule has 3 aromatic rings. The maximum absolute atomic E-state index is 10.6. The highest BCUT2D eigenvalue weighted by Gasteiger charge is 2.25. The van der Waals surface area contributed by atoms with Crippen LogP contribution in [0.5, 0.6) is 11.6 Å². The van der Waals surface area contributed by atoms with Gasteiger partial charge in [0.15, 0.2) is 0 Å². The van der Waals surface area contributed by atoms with Crippen molar-refractivity contribution in [1.82, 2.24) is 14.7 Å². The van der Waals surface area contributed by atoms with E-state index in [-0.39, 0.29) is 0 Å². The van der Waals surface area contributed by atoms with Crippen molar-refractivity contribution >= 4 is 11.6 Å². The second kappa shape index (κ2) is 10.1. The molecule has 0 aliphatic carbocycles. The Hall–Kier alpha value is -2.60. The molecule has 0 aliphatic heterocycles. The van der Waals surface area contributed by atoms with Gasteiger partial charge >= 0.3 is 0 Å². The standard InChI is InChI=1S/C25H30ClN3O2/c1-5-16-28(18-25(4,30)6-2)17-23-19(3)27-29(21-10-8-7-9-11-21)24(23)31-22-14-12-20(26)13-15-22/h6-15,30H,2,5,16-18H2,1,3-4H3. The molecule has 6 heteroatoms. The van der Waals surface area contributed by atoms with E-state index in [4.69, 9.17) is 21.4 Å². The van der Waals surface area contributed by atoms with Crippen LogP contribution in [-0.2, 0) is 6.54 Å². The summed E-state index contributed by atoms with van der Waals surface area (Å²) < 4.78 is 8.17. The number of hydrogen-bond acceptors (Lipinski definition) is 4. The molecule has 31 heavy (non-hydrogen) atoms. The Kier molecular flexibility index (Phi) is 7.55. The Bertz CT molecular complexity index is 998. The van der Waals surface area contributed by atoms with Crippen molar-refractivity contribution in [2.45, 2.75) is 39.3 Å². The van der Waals surface area contributed by atoms with Crippen molar-refractivity contribution in [2.24, 2.45) is 0 Å². The predicted octanol–water partition coefficient (Wildman–Crippen LogP) is 5.78. The second-order valence-electron chi connectivity index (χ2n) is 7.94. The van der Waals surface area contributed by atoms with Crippen molar-refractivity contribution in [1.29, 1.82) is 0 Å². The number of aromatic nitrogens is 2. The molecule has 0 saturated carbocycles. The van der Waals surface area contributed by atoms with Crippen LogP contribution < -0.4 is 4.74 Å². The number of hydrogen-bond donors (Lipinski definition) is 1. The smallest absolute Gasteiger partial charge is 0.227 e. The minimum Gasteiger partial charge on any atom is -0.439 e. The highest BCUT2D eigenvalue weighted by molar-refractivity contribution is 6.30. The molecule has 1 aromatic heterocycles. The van der Waals surface area contributed by atoms with E-state index in [0.29, 0.717) is 29.7 Å². The third kappa shape index (κ3) is 5.97. The lowest BCUT2D eigenvalue weighted by Gasteiger charge is -2.29. The van der Waals surface area contributed by atoms with Gasteiger partial charge in [-0.15, -0.1) is 6.58 Å². The molecule has 0 radical (unpaired) electrons. The quantitative estimate of drug-likeness (QED) is 0.407. The van der Waals surface area contributed by atoms with E-state index in [0.717, 1.165) is 29.9 Å². The number of aliphatic hydroxyl groups is 1.